The Kier molecular flexibility index (Phi) is 2.58. The van der Waals surface area contributed by atoms with Gasteiger partial charge in [-0.2, -0.15) is 0 Å². The van der Waals surface area contributed by atoms with Crippen LogP contribution in [0.15, 0.2) is 0 Å². The predicted molar refractivity (Wildman–Crippen MR) is 68.0 cm³/mol. The summed E-state index contributed by atoms with van der Waals surface area (Å²) >= 11 is 0. The number of carbonyl (C=O) groups excluding carboxylic acids is 1. The Morgan fingerprint density at radius 3 is 2.70 bits per heavy atom. The van der Waals surface area contributed by atoms with E-state index in [9.17, 15) is 4.79 Å². The monoisotopic (exact) mass is 282 g/mol. The summed E-state index contributed by atoms with van der Waals surface area (Å²) < 4.78 is 11.6. The van der Waals surface area contributed by atoms with Crippen molar-refractivity contribution in [3.05, 3.63) is 0 Å². The molecule has 1 spiro atoms. The van der Waals surface area contributed by atoms with Gasteiger partial charge in [0.15, 0.2) is 5.60 Å². The largest absolute Gasteiger partial charge is 0.432 e. The summed E-state index contributed by atoms with van der Waals surface area (Å²) in [5.41, 5.74) is -0.610. The van der Waals surface area contributed by atoms with E-state index in [0.717, 1.165) is 25.7 Å². The first-order valence-electron chi connectivity index (χ1n) is 7.71. The van der Waals surface area contributed by atoms with Crippen LogP contribution in [0.4, 0.5) is 0 Å². The van der Waals surface area contributed by atoms with Crippen LogP contribution in [0.5, 0.6) is 0 Å². The molecule has 5 rings (SSSR count). The first-order chi connectivity index (χ1) is 9.46. The van der Waals surface area contributed by atoms with Crippen molar-refractivity contribution in [3.63, 3.8) is 0 Å². The summed E-state index contributed by atoms with van der Waals surface area (Å²) in [7, 11) is 0. The lowest BCUT2D eigenvalue weighted by atomic mass is 9.58. The normalized spacial score (nSPS) is 57.8. The average molecular weight is 282 g/mol. The third-order valence-electron chi connectivity index (χ3n) is 5.97. The van der Waals surface area contributed by atoms with Gasteiger partial charge in [-0.15, -0.1) is 0 Å². The van der Waals surface area contributed by atoms with Crippen molar-refractivity contribution in [3.8, 4) is 0 Å². The lowest BCUT2D eigenvalue weighted by molar-refractivity contribution is -0.559. The smallest absolute Gasteiger partial charge is 0.311 e. The average Bonchev–Trinajstić information content (AvgIpc) is 2.63. The van der Waals surface area contributed by atoms with E-state index in [-0.39, 0.29) is 17.8 Å². The zero-order chi connectivity index (χ0) is 14.1. The summed E-state index contributed by atoms with van der Waals surface area (Å²) in [6.45, 7) is 6.06. The van der Waals surface area contributed by atoms with Gasteiger partial charge in [-0.05, 0) is 32.1 Å². The molecule has 5 fully saturated rings. The van der Waals surface area contributed by atoms with Crippen LogP contribution in [0.2, 0.25) is 0 Å². The highest BCUT2D eigenvalue weighted by Crippen LogP contribution is 2.59. The minimum absolute atomic E-state index is 0.123. The molecule has 1 saturated carbocycles. The lowest BCUT2D eigenvalue weighted by Gasteiger charge is -2.57. The molecule has 0 aromatic heterocycles. The fourth-order valence-corrected chi connectivity index (χ4v) is 4.76. The number of ether oxygens (including phenoxy) is 2. The molecule has 0 radical (unpaired) electrons. The van der Waals surface area contributed by atoms with E-state index in [2.05, 4.69) is 6.92 Å². The molecule has 5 aliphatic rings. The van der Waals surface area contributed by atoms with E-state index in [4.69, 9.17) is 19.2 Å². The van der Waals surface area contributed by atoms with E-state index < -0.39 is 17.7 Å². The number of rotatable bonds is 0. The number of esters is 1. The van der Waals surface area contributed by atoms with Crippen LogP contribution < -0.4 is 0 Å². The second-order valence-electron chi connectivity index (χ2n) is 7.14. The van der Waals surface area contributed by atoms with Gasteiger partial charge in [0, 0.05) is 18.3 Å². The first-order valence-corrected chi connectivity index (χ1v) is 7.71. The van der Waals surface area contributed by atoms with Crippen LogP contribution in [0.25, 0.3) is 0 Å². The molecule has 0 aromatic rings. The maximum Gasteiger partial charge on any atom is 0.311 e. The van der Waals surface area contributed by atoms with Crippen molar-refractivity contribution in [2.45, 2.75) is 64.1 Å². The molecule has 20 heavy (non-hydrogen) atoms. The number of fused-ring (bicyclic) bond motifs is 2. The lowest BCUT2D eigenvalue weighted by Crippen LogP contribution is -2.69. The predicted octanol–water partition coefficient (Wildman–Crippen LogP) is 2.39. The zero-order valence-electron chi connectivity index (χ0n) is 12.3. The maximum atomic E-state index is 12.1. The Balaban J connectivity index is 1.84. The first kappa shape index (κ1) is 13.0. The van der Waals surface area contributed by atoms with Gasteiger partial charge in [-0.1, -0.05) is 13.8 Å². The van der Waals surface area contributed by atoms with E-state index in [0.29, 0.717) is 11.8 Å². The second kappa shape index (κ2) is 3.96. The number of carbonyl (C=O) groups is 1. The fraction of sp³-hybridized carbons (Fsp3) is 0.933. The van der Waals surface area contributed by atoms with Gasteiger partial charge in [-0.3, -0.25) is 4.79 Å². The van der Waals surface area contributed by atoms with Gasteiger partial charge in [0.05, 0.1) is 5.92 Å². The van der Waals surface area contributed by atoms with Crippen LogP contribution in [0.3, 0.4) is 0 Å². The van der Waals surface area contributed by atoms with Crippen molar-refractivity contribution >= 4 is 5.97 Å². The standard InChI is InChI=1S/C15H22O5/c1-8-4-5-11-9(2)12(16)17-13-15(11)10(8)6-7-14(3,18-13)19-20-15/h8-11,13H,4-7H2,1-3H3/t8-,9+,10?,11?,13-,14+,15?/m0/s1. The van der Waals surface area contributed by atoms with Crippen LogP contribution >= 0.6 is 0 Å². The minimum Gasteiger partial charge on any atom is -0.432 e. The van der Waals surface area contributed by atoms with Crippen molar-refractivity contribution in [1.29, 1.82) is 0 Å². The van der Waals surface area contributed by atoms with Gasteiger partial charge in [0.25, 0.3) is 0 Å². The Bertz CT molecular complexity index is 452. The quantitative estimate of drug-likeness (QED) is 0.504. The maximum absolute atomic E-state index is 12.1. The molecule has 0 amide bonds. The summed E-state index contributed by atoms with van der Waals surface area (Å²) in [5.74, 6) is -0.137. The van der Waals surface area contributed by atoms with Gasteiger partial charge in [-0.25, -0.2) is 9.78 Å². The van der Waals surface area contributed by atoms with Gasteiger partial charge in [0.1, 0.15) is 0 Å². The Labute approximate surface area is 118 Å². The Morgan fingerprint density at radius 2 is 1.90 bits per heavy atom. The zero-order valence-corrected chi connectivity index (χ0v) is 12.3. The molecule has 4 saturated heterocycles. The van der Waals surface area contributed by atoms with Crippen LogP contribution in [0, 0.1) is 23.7 Å². The molecule has 0 aromatic carbocycles. The van der Waals surface area contributed by atoms with Crippen molar-refractivity contribution in [2.24, 2.45) is 23.7 Å². The Morgan fingerprint density at radius 1 is 1.10 bits per heavy atom. The summed E-state index contributed by atoms with van der Waals surface area (Å²) in [6.07, 6.45) is 3.24. The van der Waals surface area contributed by atoms with E-state index in [1.807, 2.05) is 13.8 Å². The van der Waals surface area contributed by atoms with Gasteiger partial charge in [0.2, 0.25) is 12.1 Å². The molecule has 3 unspecified atom stereocenters. The molecule has 4 aliphatic heterocycles. The number of hydrogen-bond acceptors (Lipinski definition) is 5. The van der Waals surface area contributed by atoms with Crippen LogP contribution in [0.1, 0.15) is 46.5 Å². The SMILES string of the molecule is C[C@H]1CCC2[C@@H](C)C(=O)O[C@H]3O[C@@]4(C)CCC1C23OO4. The highest BCUT2D eigenvalue weighted by atomic mass is 17.3. The molecule has 112 valence electrons. The molecule has 0 N–H and O–H groups in total. The third-order valence-corrected chi connectivity index (χ3v) is 5.97. The van der Waals surface area contributed by atoms with E-state index in [1.54, 1.807) is 0 Å². The van der Waals surface area contributed by atoms with Crippen LogP contribution in [-0.4, -0.2) is 23.6 Å². The third kappa shape index (κ3) is 1.46. The summed E-state index contributed by atoms with van der Waals surface area (Å²) in [6, 6.07) is 0. The number of hydrogen-bond donors (Lipinski definition) is 0. The fourth-order valence-electron chi connectivity index (χ4n) is 4.76. The van der Waals surface area contributed by atoms with Gasteiger partial charge >= 0.3 is 5.97 Å². The van der Waals surface area contributed by atoms with Crippen molar-refractivity contribution in [1.82, 2.24) is 0 Å². The highest BCUT2D eigenvalue weighted by molar-refractivity contribution is 5.74. The molecule has 1 aliphatic carbocycles. The van der Waals surface area contributed by atoms with Crippen molar-refractivity contribution in [2.75, 3.05) is 0 Å². The highest BCUT2D eigenvalue weighted by Gasteiger charge is 2.69. The molecule has 5 heteroatoms. The summed E-state index contributed by atoms with van der Waals surface area (Å²) in [4.78, 5) is 23.7. The molecule has 5 nitrogen and oxygen atoms in total. The molecule has 2 bridgehead atoms. The summed E-state index contributed by atoms with van der Waals surface area (Å²) in [5, 5.41) is 0. The van der Waals surface area contributed by atoms with E-state index in [1.165, 1.54) is 0 Å². The second-order valence-corrected chi connectivity index (χ2v) is 7.14. The topological polar surface area (TPSA) is 54.0 Å². The minimum atomic E-state index is -0.793. The molecular weight excluding hydrogens is 260 g/mol. The molecule has 7 atom stereocenters. The van der Waals surface area contributed by atoms with Crippen molar-refractivity contribution < 1.29 is 24.0 Å². The van der Waals surface area contributed by atoms with Crippen LogP contribution in [-0.2, 0) is 24.0 Å². The van der Waals surface area contributed by atoms with E-state index >= 15 is 0 Å². The molecular formula is C15H22O5. The Hall–Kier alpha value is -0.650. The van der Waals surface area contributed by atoms with Gasteiger partial charge < -0.3 is 9.47 Å². The molecule has 4 heterocycles.